The fraction of sp³-hybridized carbons (Fsp3) is 0.545. The Hall–Kier alpha value is -0.870. The molecule has 1 aliphatic rings. The largest absolute Gasteiger partial charge is 0.481 e. The maximum atomic E-state index is 10.5. The van der Waals surface area contributed by atoms with Crippen molar-refractivity contribution in [2.45, 2.75) is 38.2 Å². The number of aliphatic carboxylic acids is 1. The second-order valence-corrected chi connectivity index (χ2v) is 5.09. The first-order valence-electron chi connectivity index (χ1n) is 5.18. The number of hydrogen-bond acceptors (Lipinski definition) is 3. The molecule has 2 rings (SSSR count). The molecule has 1 heterocycles. The number of aryl methyl sites for hydroxylation is 2. The third kappa shape index (κ3) is 2.38. The van der Waals surface area contributed by atoms with Crippen LogP contribution in [-0.2, 0) is 17.6 Å². The highest BCUT2D eigenvalue weighted by atomic mass is 32.1. The van der Waals surface area contributed by atoms with E-state index < -0.39 is 12.1 Å². The Morgan fingerprint density at radius 1 is 1.47 bits per heavy atom. The third-order valence-corrected chi connectivity index (χ3v) is 4.05. The molecule has 0 spiro atoms. The van der Waals surface area contributed by atoms with Crippen LogP contribution < -0.4 is 0 Å². The second kappa shape index (κ2) is 4.33. The van der Waals surface area contributed by atoms with Crippen LogP contribution >= 0.6 is 11.3 Å². The van der Waals surface area contributed by atoms with E-state index in [2.05, 4.69) is 0 Å². The molecule has 1 aromatic heterocycles. The molecule has 0 aliphatic heterocycles. The van der Waals surface area contributed by atoms with Crippen LogP contribution in [-0.4, -0.2) is 16.2 Å². The maximum Gasteiger partial charge on any atom is 0.306 e. The van der Waals surface area contributed by atoms with Gasteiger partial charge in [-0.3, -0.25) is 4.79 Å². The zero-order valence-corrected chi connectivity index (χ0v) is 9.22. The first-order valence-corrected chi connectivity index (χ1v) is 6.00. The van der Waals surface area contributed by atoms with Crippen molar-refractivity contribution >= 4 is 17.3 Å². The molecule has 0 unspecified atom stereocenters. The lowest BCUT2D eigenvalue weighted by atomic mass is 9.99. The molecule has 0 aromatic carbocycles. The Labute approximate surface area is 92.4 Å². The van der Waals surface area contributed by atoms with Crippen LogP contribution in [0.3, 0.4) is 0 Å². The smallest absolute Gasteiger partial charge is 0.306 e. The SMILES string of the molecule is O=C(O)C[C@H](O)c1cc2c(s1)CCCC2. The van der Waals surface area contributed by atoms with Crippen LogP contribution in [0.15, 0.2) is 6.07 Å². The normalized spacial score (nSPS) is 17.1. The summed E-state index contributed by atoms with van der Waals surface area (Å²) in [6, 6.07) is 1.98. The lowest BCUT2D eigenvalue weighted by Crippen LogP contribution is -2.03. The molecule has 0 bridgehead atoms. The molecular weight excluding hydrogens is 212 g/mol. The molecule has 3 nitrogen and oxygen atoms in total. The van der Waals surface area contributed by atoms with Crippen molar-refractivity contribution in [2.24, 2.45) is 0 Å². The van der Waals surface area contributed by atoms with Crippen LogP contribution in [0.5, 0.6) is 0 Å². The highest BCUT2D eigenvalue weighted by Gasteiger charge is 2.19. The molecule has 1 aromatic rings. The van der Waals surface area contributed by atoms with Crippen molar-refractivity contribution in [3.8, 4) is 0 Å². The minimum atomic E-state index is -0.950. The van der Waals surface area contributed by atoms with Gasteiger partial charge in [-0.2, -0.15) is 0 Å². The first kappa shape index (κ1) is 10.6. The Kier molecular flexibility index (Phi) is 3.07. The monoisotopic (exact) mass is 226 g/mol. The van der Waals surface area contributed by atoms with E-state index in [9.17, 15) is 9.90 Å². The van der Waals surface area contributed by atoms with Crippen LogP contribution in [0.1, 0.15) is 40.7 Å². The number of rotatable bonds is 3. The molecule has 1 atom stereocenters. The zero-order valence-electron chi connectivity index (χ0n) is 8.40. The van der Waals surface area contributed by atoms with Gasteiger partial charge in [0.05, 0.1) is 12.5 Å². The van der Waals surface area contributed by atoms with Gasteiger partial charge in [0, 0.05) is 9.75 Å². The summed E-state index contributed by atoms with van der Waals surface area (Å²) in [6.45, 7) is 0. The molecular formula is C11H14O3S. The number of hydrogen-bond donors (Lipinski definition) is 2. The van der Waals surface area contributed by atoms with Gasteiger partial charge in [-0.1, -0.05) is 0 Å². The first-order chi connectivity index (χ1) is 7.16. The number of carboxylic acids is 1. The topological polar surface area (TPSA) is 57.5 Å². The number of thiophene rings is 1. The van der Waals surface area contributed by atoms with Gasteiger partial charge < -0.3 is 10.2 Å². The van der Waals surface area contributed by atoms with Crippen molar-refractivity contribution in [1.82, 2.24) is 0 Å². The molecule has 0 fully saturated rings. The van der Waals surface area contributed by atoms with Crippen LogP contribution in [0.25, 0.3) is 0 Å². The van der Waals surface area contributed by atoms with Gasteiger partial charge >= 0.3 is 5.97 Å². The summed E-state index contributed by atoms with van der Waals surface area (Å²) in [4.78, 5) is 12.6. The second-order valence-electron chi connectivity index (χ2n) is 3.92. The predicted molar refractivity (Wildman–Crippen MR) is 58.2 cm³/mol. The van der Waals surface area contributed by atoms with Crippen molar-refractivity contribution < 1.29 is 15.0 Å². The van der Waals surface area contributed by atoms with E-state index in [0.717, 1.165) is 17.7 Å². The Morgan fingerprint density at radius 3 is 2.87 bits per heavy atom. The average Bonchev–Trinajstić information content (AvgIpc) is 2.59. The summed E-state index contributed by atoms with van der Waals surface area (Å²) in [5.74, 6) is -0.950. The highest BCUT2D eigenvalue weighted by molar-refractivity contribution is 7.12. The molecule has 15 heavy (non-hydrogen) atoms. The van der Waals surface area contributed by atoms with Gasteiger partial charge in [0.25, 0.3) is 0 Å². The molecule has 0 saturated heterocycles. The van der Waals surface area contributed by atoms with E-state index in [1.54, 1.807) is 11.3 Å². The molecule has 4 heteroatoms. The number of aliphatic hydroxyl groups excluding tert-OH is 1. The quantitative estimate of drug-likeness (QED) is 0.830. The van der Waals surface area contributed by atoms with E-state index in [1.807, 2.05) is 6.07 Å². The third-order valence-electron chi connectivity index (χ3n) is 2.71. The zero-order chi connectivity index (χ0) is 10.8. The fourth-order valence-electron chi connectivity index (χ4n) is 1.94. The molecule has 0 amide bonds. The van der Waals surface area contributed by atoms with E-state index in [0.29, 0.717) is 0 Å². The van der Waals surface area contributed by atoms with Crippen LogP contribution in [0.4, 0.5) is 0 Å². The number of fused-ring (bicyclic) bond motifs is 1. The minimum Gasteiger partial charge on any atom is -0.481 e. The van der Waals surface area contributed by atoms with E-state index in [1.165, 1.54) is 23.3 Å². The maximum absolute atomic E-state index is 10.5. The van der Waals surface area contributed by atoms with E-state index in [4.69, 9.17) is 5.11 Å². The minimum absolute atomic E-state index is 0.195. The summed E-state index contributed by atoms with van der Waals surface area (Å²) >= 11 is 1.57. The van der Waals surface area contributed by atoms with Gasteiger partial charge in [0.2, 0.25) is 0 Å². The summed E-state index contributed by atoms with van der Waals surface area (Å²) in [5, 5.41) is 18.3. The fourth-order valence-corrected chi connectivity index (χ4v) is 3.19. The van der Waals surface area contributed by atoms with Crippen molar-refractivity contribution in [3.05, 3.63) is 21.4 Å². The predicted octanol–water partition coefficient (Wildman–Crippen LogP) is 2.13. The van der Waals surface area contributed by atoms with Crippen molar-refractivity contribution in [1.29, 1.82) is 0 Å². The Bertz CT molecular complexity index is 346. The van der Waals surface area contributed by atoms with Crippen molar-refractivity contribution in [2.75, 3.05) is 0 Å². The Balaban J connectivity index is 2.15. The van der Waals surface area contributed by atoms with Gasteiger partial charge in [-0.25, -0.2) is 0 Å². The van der Waals surface area contributed by atoms with Gasteiger partial charge in [0.1, 0.15) is 0 Å². The van der Waals surface area contributed by atoms with E-state index >= 15 is 0 Å². The van der Waals surface area contributed by atoms with Crippen molar-refractivity contribution in [3.63, 3.8) is 0 Å². The summed E-state index contributed by atoms with van der Waals surface area (Å²) in [6.07, 6.45) is 3.54. The summed E-state index contributed by atoms with van der Waals surface area (Å²) in [5.41, 5.74) is 1.31. The summed E-state index contributed by atoms with van der Waals surface area (Å²) < 4.78 is 0. The summed E-state index contributed by atoms with van der Waals surface area (Å²) in [7, 11) is 0. The van der Waals surface area contributed by atoms with Crippen LogP contribution in [0.2, 0.25) is 0 Å². The number of carboxylic acid groups (broad SMARTS) is 1. The lowest BCUT2D eigenvalue weighted by Gasteiger charge is -2.08. The standard InChI is InChI=1S/C11H14O3S/c12-8(6-11(13)14)10-5-7-3-1-2-4-9(7)15-10/h5,8,12H,1-4,6H2,(H,13,14)/t8-/m0/s1. The van der Waals surface area contributed by atoms with Gasteiger partial charge in [-0.05, 0) is 37.3 Å². The molecule has 0 radical (unpaired) electrons. The van der Waals surface area contributed by atoms with Gasteiger partial charge in [-0.15, -0.1) is 11.3 Å². The lowest BCUT2D eigenvalue weighted by molar-refractivity contribution is -0.139. The number of aliphatic hydroxyl groups is 1. The van der Waals surface area contributed by atoms with Gasteiger partial charge in [0.15, 0.2) is 0 Å². The van der Waals surface area contributed by atoms with Crippen LogP contribution in [0, 0.1) is 0 Å². The Morgan fingerprint density at radius 2 is 2.20 bits per heavy atom. The molecule has 82 valence electrons. The molecule has 2 N–H and O–H groups in total. The highest BCUT2D eigenvalue weighted by Crippen LogP contribution is 2.33. The molecule has 0 saturated carbocycles. The number of carbonyl (C=O) groups is 1. The molecule has 1 aliphatic carbocycles. The average molecular weight is 226 g/mol. The van der Waals surface area contributed by atoms with E-state index in [-0.39, 0.29) is 6.42 Å².